The lowest BCUT2D eigenvalue weighted by molar-refractivity contribution is -0.139. The first-order valence-corrected chi connectivity index (χ1v) is 8.28. The van der Waals surface area contributed by atoms with Gasteiger partial charge >= 0.3 is 0 Å². The van der Waals surface area contributed by atoms with Crippen molar-refractivity contribution >= 4 is 23.6 Å². The lowest BCUT2D eigenvalue weighted by Gasteiger charge is -2.37. The summed E-state index contributed by atoms with van der Waals surface area (Å²) in [7, 11) is 3.05. The second kappa shape index (κ2) is 4.65. The molecule has 0 bridgehead atoms. The van der Waals surface area contributed by atoms with E-state index in [1.54, 1.807) is 0 Å². The van der Waals surface area contributed by atoms with E-state index in [0.717, 1.165) is 22.3 Å². The molecule has 0 spiro atoms. The van der Waals surface area contributed by atoms with Crippen molar-refractivity contribution in [1.82, 2.24) is 9.80 Å². The maximum atomic E-state index is 12.6. The van der Waals surface area contributed by atoms with E-state index in [2.05, 4.69) is 0 Å². The summed E-state index contributed by atoms with van der Waals surface area (Å²) >= 11 is 0. The first kappa shape index (κ1) is 15.3. The predicted molar refractivity (Wildman–Crippen MR) is 84.1 cm³/mol. The number of amides is 4. The number of fused-ring (bicyclic) bond motifs is 5. The van der Waals surface area contributed by atoms with Crippen molar-refractivity contribution in [3.05, 3.63) is 22.3 Å². The van der Waals surface area contributed by atoms with Crippen LogP contribution in [-0.2, 0) is 19.2 Å². The van der Waals surface area contributed by atoms with Gasteiger partial charge in [-0.2, -0.15) is 0 Å². The van der Waals surface area contributed by atoms with Crippen molar-refractivity contribution < 1.29 is 19.2 Å². The molecule has 4 amide bonds. The summed E-state index contributed by atoms with van der Waals surface area (Å²) in [5.74, 6) is -2.36. The average Bonchev–Trinajstić information content (AvgIpc) is 2.89. The van der Waals surface area contributed by atoms with Crippen LogP contribution in [-0.4, -0.2) is 47.5 Å². The molecule has 126 valence electrons. The summed E-state index contributed by atoms with van der Waals surface area (Å²) in [5.41, 5.74) is 3.63. The molecule has 2 saturated heterocycles. The Hall–Kier alpha value is -2.24. The summed E-state index contributed by atoms with van der Waals surface area (Å²) in [6.45, 7) is 3.85. The monoisotopic (exact) mass is 328 g/mol. The Bertz CT molecular complexity index is 725. The number of allylic oxidation sites excluding steroid dienone is 2. The van der Waals surface area contributed by atoms with Gasteiger partial charge in [0.25, 0.3) is 0 Å². The molecule has 2 fully saturated rings. The van der Waals surface area contributed by atoms with E-state index in [4.69, 9.17) is 0 Å². The zero-order valence-electron chi connectivity index (χ0n) is 14.3. The lowest BCUT2D eigenvalue weighted by Crippen LogP contribution is -2.36. The van der Waals surface area contributed by atoms with Crippen LogP contribution in [0.4, 0.5) is 0 Å². The number of hydrogen-bond donors (Lipinski definition) is 0. The SMILES string of the molecule is CC1=C2C(=C(C)C[C@H]3C(=O)N(C)C(=O)[C@@H]23)[C@@H]2C(=O)N(C)C(=O)[C@@H]2C1. The third-order valence-electron chi connectivity index (χ3n) is 6.18. The fraction of sp³-hybridized carbons (Fsp3) is 0.556. The molecule has 4 aliphatic rings. The average molecular weight is 328 g/mol. The van der Waals surface area contributed by atoms with Gasteiger partial charge in [0.1, 0.15) is 0 Å². The summed E-state index contributed by atoms with van der Waals surface area (Å²) in [6.07, 6.45) is 0.972. The second-order valence-electron chi connectivity index (χ2n) is 7.44. The van der Waals surface area contributed by atoms with Gasteiger partial charge in [-0.1, -0.05) is 11.1 Å². The van der Waals surface area contributed by atoms with Gasteiger partial charge in [-0.15, -0.1) is 0 Å². The van der Waals surface area contributed by atoms with Gasteiger partial charge in [0.05, 0.1) is 23.7 Å². The van der Waals surface area contributed by atoms with E-state index in [1.807, 2.05) is 13.8 Å². The lowest BCUT2D eigenvalue weighted by atomic mass is 9.63. The number of hydrogen-bond acceptors (Lipinski definition) is 4. The van der Waals surface area contributed by atoms with Crippen molar-refractivity contribution in [3.63, 3.8) is 0 Å². The van der Waals surface area contributed by atoms with Crippen molar-refractivity contribution in [2.24, 2.45) is 23.7 Å². The van der Waals surface area contributed by atoms with E-state index in [0.29, 0.717) is 12.8 Å². The van der Waals surface area contributed by atoms with Crippen LogP contribution in [0.2, 0.25) is 0 Å². The topological polar surface area (TPSA) is 74.8 Å². The molecule has 6 nitrogen and oxygen atoms in total. The van der Waals surface area contributed by atoms with E-state index < -0.39 is 11.8 Å². The molecule has 0 unspecified atom stereocenters. The highest BCUT2D eigenvalue weighted by Gasteiger charge is 2.57. The van der Waals surface area contributed by atoms with Crippen LogP contribution in [0, 0.1) is 23.7 Å². The number of imide groups is 2. The maximum absolute atomic E-state index is 12.6. The minimum Gasteiger partial charge on any atom is -0.285 e. The van der Waals surface area contributed by atoms with Crippen LogP contribution < -0.4 is 0 Å². The number of rotatable bonds is 0. The number of carbonyl (C=O) groups is 4. The van der Waals surface area contributed by atoms with Crippen molar-refractivity contribution in [3.8, 4) is 0 Å². The second-order valence-corrected chi connectivity index (χ2v) is 7.44. The maximum Gasteiger partial charge on any atom is 0.237 e. The Kier molecular flexibility index (Phi) is 2.96. The summed E-state index contributed by atoms with van der Waals surface area (Å²) in [6, 6.07) is 0. The smallest absolute Gasteiger partial charge is 0.237 e. The molecule has 0 saturated carbocycles. The third-order valence-corrected chi connectivity index (χ3v) is 6.18. The molecular weight excluding hydrogens is 308 g/mol. The minimum absolute atomic E-state index is 0.142. The van der Waals surface area contributed by atoms with E-state index in [-0.39, 0.29) is 35.5 Å². The minimum atomic E-state index is -0.490. The standard InChI is InChI=1S/C18H20N2O4/c1-7-5-9-14(18(24)19(3)15(9)21)12-8(2)6-10-13(11(7)12)17(23)20(4)16(10)22/h9-10,13-14H,5-6H2,1-4H3/t9-,10-,13-,14-/m1/s1. The van der Waals surface area contributed by atoms with Gasteiger partial charge in [0, 0.05) is 14.1 Å². The van der Waals surface area contributed by atoms with Crippen molar-refractivity contribution in [1.29, 1.82) is 0 Å². The largest absolute Gasteiger partial charge is 0.285 e. The molecule has 4 atom stereocenters. The van der Waals surface area contributed by atoms with Crippen molar-refractivity contribution in [2.75, 3.05) is 14.1 Å². The van der Waals surface area contributed by atoms with E-state index in [1.165, 1.54) is 23.9 Å². The molecule has 0 radical (unpaired) electrons. The van der Waals surface area contributed by atoms with Gasteiger partial charge in [-0.05, 0) is 37.8 Å². The molecule has 6 heteroatoms. The summed E-state index contributed by atoms with van der Waals surface area (Å²) < 4.78 is 0. The van der Waals surface area contributed by atoms with Crippen LogP contribution in [0.15, 0.2) is 22.3 Å². The summed E-state index contributed by atoms with van der Waals surface area (Å²) in [4.78, 5) is 52.5. The Labute approximate surface area is 140 Å². The summed E-state index contributed by atoms with van der Waals surface area (Å²) in [5, 5.41) is 0. The fourth-order valence-electron chi connectivity index (χ4n) is 5.03. The Morgan fingerprint density at radius 3 is 1.33 bits per heavy atom. The first-order chi connectivity index (χ1) is 11.3. The van der Waals surface area contributed by atoms with Crippen LogP contribution in [0.1, 0.15) is 26.7 Å². The quantitative estimate of drug-likeness (QED) is 0.619. The molecule has 24 heavy (non-hydrogen) atoms. The zero-order chi connectivity index (χ0) is 17.5. The fourth-order valence-corrected chi connectivity index (χ4v) is 5.03. The Balaban J connectivity index is 1.92. The molecule has 2 aliphatic heterocycles. The zero-order valence-corrected chi connectivity index (χ0v) is 14.3. The van der Waals surface area contributed by atoms with Crippen LogP contribution in [0.5, 0.6) is 0 Å². The molecule has 0 N–H and O–H groups in total. The molecule has 0 aromatic heterocycles. The van der Waals surface area contributed by atoms with E-state index >= 15 is 0 Å². The van der Waals surface area contributed by atoms with Gasteiger partial charge in [-0.3, -0.25) is 29.0 Å². The van der Waals surface area contributed by atoms with Crippen LogP contribution in [0.25, 0.3) is 0 Å². The Morgan fingerprint density at radius 1 is 0.667 bits per heavy atom. The highest BCUT2D eigenvalue weighted by molar-refractivity contribution is 6.10. The molecule has 0 aromatic rings. The highest BCUT2D eigenvalue weighted by atomic mass is 16.2. The molecule has 0 aromatic carbocycles. The number of likely N-dealkylation sites (tertiary alicyclic amines) is 2. The van der Waals surface area contributed by atoms with E-state index in [9.17, 15) is 19.2 Å². The van der Waals surface area contributed by atoms with Gasteiger partial charge in [0.15, 0.2) is 0 Å². The molecular formula is C18H20N2O4. The van der Waals surface area contributed by atoms with Crippen molar-refractivity contribution in [2.45, 2.75) is 26.7 Å². The first-order valence-electron chi connectivity index (χ1n) is 8.28. The van der Waals surface area contributed by atoms with Gasteiger partial charge in [-0.25, -0.2) is 0 Å². The highest BCUT2D eigenvalue weighted by Crippen LogP contribution is 2.54. The van der Waals surface area contributed by atoms with Crippen LogP contribution in [0.3, 0.4) is 0 Å². The van der Waals surface area contributed by atoms with Crippen LogP contribution >= 0.6 is 0 Å². The predicted octanol–water partition coefficient (Wildman–Crippen LogP) is 0.889. The number of nitrogens with zero attached hydrogens (tertiary/aromatic N) is 2. The Morgan fingerprint density at radius 2 is 1.00 bits per heavy atom. The normalized spacial score (nSPS) is 35.8. The van der Waals surface area contributed by atoms with Gasteiger partial charge < -0.3 is 0 Å². The number of carbonyl (C=O) groups excluding carboxylic acids is 4. The van der Waals surface area contributed by atoms with Gasteiger partial charge in [0.2, 0.25) is 23.6 Å². The third kappa shape index (κ3) is 1.61. The molecule has 2 heterocycles. The molecule has 4 rings (SSSR count). The molecule has 2 aliphatic carbocycles.